The van der Waals surface area contributed by atoms with Crippen LogP contribution in [0.25, 0.3) is 0 Å². The van der Waals surface area contributed by atoms with Crippen LogP contribution in [0.2, 0.25) is 5.02 Å². The fraction of sp³-hybridized carbons (Fsp3) is 0.303. The predicted molar refractivity (Wildman–Crippen MR) is 184 cm³/mol. The van der Waals surface area contributed by atoms with E-state index < -0.39 is 112 Å². The van der Waals surface area contributed by atoms with Crippen LogP contribution in [0.3, 0.4) is 0 Å². The third kappa shape index (κ3) is 7.65. The number of phenolic OH excluding ortho intramolecular Hbond substituents is 3. The van der Waals surface area contributed by atoms with Gasteiger partial charge in [-0.1, -0.05) is 17.7 Å². The van der Waals surface area contributed by atoms with Gasteiger partial charge in [0.05, 0.1) is 11.0 Å². The number of rotatable bonds is 7. The van der Waals surface area contributed by atoms with Gasteiger partial charge in [0.25, 0.3) is 0 Å². The van der Waals surface area contributed by atoms with Crippen molar-refractivity contribution in [1.29, 1.82) is 0 Å². The number of nitrogens with one attached hydrogen (secondary N) is 3. The van der Waals surface area contributed by atoms with Gasteiger partial charge >= 0.3 is 31.2 Å². The highest BCUT2D eigenvalue weighted by atomic mass is 35.5. The second-order valence-electron chi connectivity index (χ2n) is 12.8. The molecule has 17 nitrogen and oxygen atoms in total. The summed E-state index contributed by atoms with van der Waals surface area (Å²) in [5, 5.41) is 56.2. The first-order chi connectivity index (χ1) is 26.0. The van der Waals surface area contributed by atoms with Gasteiger partial charge in [-0.3, -0.25) is 4.79 Å². The van der Waals surface area contributed by atoms with E-state index in [1.165, 1.54) is 21.9 Å². The summed E-state index contributed by atoms with van der Waals surface area (Å²) < 4.78 is 47.5. The molecule has 2 atom stereocenters. The van der Waals surface area contributed by atoms with Crippen LogP contribution in [0.4, 0.5) is 33.2 Å². The molecule has 2 saturated heterocycles. The fourth-order valence-corrected chi connectivity index (χ4v) is 6.85. The van der Waals surface area contributed by atoms with Crippen LogP contribution in [0.15, 0.2) is 36.4 Å². The van der Waals surface area contributed by atoms with Crippen LogP contribution in [0, 0.1) is 17.5 Å². The minimum absolute atomic E-state index is 0.0636. The zero-order chi connectivity index (χ0) is 39.9. The number of aromatic hydroxyl groups is 3. The number of likely N-dealkylation sites (tertiary alicyclic amines) is 1. The molecule has 0 bridgehead atoms. The number of piperidine rings is 1. The molecule has 2 fully saturated rings. The quantitative estimate of drug-likeness (QED) is 0.128. The van der Waals surface area contributed by atoms with Crippen LogP contribution in [0.5, 0.6) is 23.0 Å². The molecule has 2 unspecified atom stereocenters. The standard InChI is InChI=1S/C33H31BClF3N6O11/c35-24-17(13-20(38)26(46)27(24)47)25(29(48)40-22-11-14-1-3-19(37)23(30(49)50)28(14)55-34(22)54)41-32(52)44-10-9-43(33(44)53)16-5-7-42(8-6-16)31(51)39-15-2-4-18(36)21(45)12-15/h1-4,12-13,16,22,25,45-47,54H,5-11H2,(H,39,51)(H,40,48)(H,41,52)(H,49,50). The van der Waals surface area contributed by atoms with Crippen molar-refractivity contribution in [1.82, 2.24) is 25.3 Å². The molecule has 3 aromatic carbocycles. The molecule has 7 amide bonds. The van der Waals surface area contributed by atoms with E-state index in [0.29, 0.717) is 18.9 Å². The van der Waals surface area contributed by atoms with Gasteiger partial charge in [0.2, 0.25) is 5.91 Å². The number of carboxylic acid groups (broad SMARTS) is 1. The molecule has 6 rings (SSSR count). The highest BCUT2D eigenvalue weighted by Gasteiger charge is 2.43. The van der Waals surface area contributed by atoms with Gasteiger partial charge in [-0.15, -0.1) is 0 Å². The van der Waals surface area contributed by atoms with E-state index in [0.717, 1.165) is 23.1 Å². The van der Waals surface area contributed by atoms with Crippen LogP contribution >= 0.6 is 11.6 Å². The number of phenols is 3. The zero-order valence-corrected chi connectivity index (χ0v) is 29.0. The third-order valence-electron chi connectivity index (χ3n) is 9.46. The van der Waals surface area contributed by atoms with Crippen molar-refractivity contribution >= 4 is 54.4 Å². The Balaban J connectivity index is 1.14. The van der Waals surface area contributed by atoms with Gasteiger partial charge in [0.15, 0.2) is 28.9 Å². The summed E-state index contributed by atoms with van der Waals surface area (Å²) >= 11 is 6.18. The highest BCUT2D eigenvalue weighted by molar-refractivity contribution is 6.47. The molecule has 0 aromatic heterocycles. The Hall–Kier alpha value is -6.09. The number of carbonyl (C=O) groups is 5. The maximum Gasteiger partial charge on any atom is 0.547 e. The smallest absolute Gasteiger partial charge is 0.534 e. The summed E-state index contributed by atoms with van der Waals surface area (Å²) in [5.74, 6) is -11.2. The maximum atomic E-state index is 14.7. The topological polar surface area (TPSA) is 242 Å². The first-order valence-electron chi connectivity index (χ1n) is 16.6. The van der Waals surface area contributed by atoms with Crippen molar-refractivity contribution in [2.45, 2.75) is 37.3 Å². The minimum Gasteiger partial charge on any atom is -0.534 e. The Morgan fingerprint density at radius 2 is 1.60 bits per heavy atom. The van der Waals surface area contributed by atoms with E-state index in [1.807, 2.05) is 0 Å². The number of urea groups is 3. The molecule has 290 valence electrons. The summed E-state index contributed by atoms with van der Waals surface area (Å²) in [6.45, 7) is 0.299. The largest absolute Gasteiger partial charge is 0.547 e. The van der Waals surface area contributed by atoms with Crippen LogP contribution in [-0.4, -0.2) is 115 Å². The van der Waals surface area contributed by atoms with Crippen LogP contribution in [-0.2, 0) is 11.2 Å². The lowest BCUT2D eigenvalue weighted by Crippen LogP contribution is -2.56. The molecule has 3 aliphatic rings. The SMILES string of the molecule is O=C(O)c1c(F)ccc2c1OB(O)C(NC(=O)C(NC(=O)N1CCN(C3CCN(C(=O)Nc4ccc(F)c(O)c4)CC3)C1=O)c1cc(F)c(O)c(O)c1Cl)C2. The number of nitrogens with zero attached hydrogens (tertiary/aromatic N) is 3. The predicted octanol–water partition coefficient (Wildman–Crippen LogP) is 2.90. The van der Waals surface area contributed by atoms with Gasteiger partial charge in [-0.2, -0.15) is 0 Å². The second-order valence-corrected chi connectivity index (χ2v) is 13.2. The van der Waals surface area contributed by atoms with E-state index in [2.05, 4.69) is 16.0 Å². The number of hydrogen-bond donors (Lipinski definition) is 8. The number of hydrogen-bond acceptors (Lipinski definition) is 10. The van der Waals surface area contributed by atoms with Crippen molar-refractivity contribution in [2.24, 2.45) is 0 Å². The number of anilines is 1. The van der Waals surface area contributed by atoms with Crippen molar-refractivity contribution < 1.29 is 67.2 Å². The van der Waals surface area contributed by atoms with E-state index in [9.17, 15) is 62.6 Å². The minimum atomic E-state index is -1.98. The number of carboxylic acids is 1. The normalized spacial score (nSPS) is 17.7. The van der Waals surface area contributed by atoms with E-state index in [4.69, 9.17) is 16.3 Å². The number of amides is 7. The molecular formula is C33H31BClF3N6O11. The lowest BCUT2D eigenvalue weighted by molar-refractivity contribution is -0.123. The van der Waals surface area contributed by atoms with Crippen molar-refractivity contribution in [3.8, 4) is 23.0 Å². The number of aromatic carboxylic acids is 1. The summed E-state index contributed by atoms with van der Waals surface area (Å²) in [6.07, 6.45) is 0.319. The average Bonchev–Trinajstić information content (AvgIpc) is 3.54. The first kappa shape index (κ1) is 38.6. The summed E-state index contributed by atoms with van der Waals surface area (Å²) in [5.41, 5.74) is -1.16. The monoisotopic (exact) mass is 790 g/mol. The van der Waals surface area contributed by atoms with Crippen molar-refractivity contribution in [3.63, 3.8) is 0 Å². The van der Waals surface area contributed by atoms with Gasteiger partial charge < -0.3 is 55.9 Å². The first-order valence-corrected chi connectivity index (χ1v) is 17.0. The van der Waals surface area contributed by atoms with Gasteiger partial charge in [0, 0.05) is 49.5 Å². The fourth-order valence-electron chi connectivity index (χ4n) is 6.60. The van der Waals surface area contributed by atoms with Crippen LogP contribution in [0.1, 0.15) is 40.4 Å². The molecule has 0 spiro atoms. The molecule has 8 N–H and O–H groups in total. The lowest BCUT2D eigenvalue weighted by atomic mass is 9.72. The second kappa shape index (κ2) is 15.3. The highest BCUT2D eigenvalue weighted by Crippen LogP contribution is 2.41. The van der Waals surface area contributed by atoms with E-state index in [-0.39, 0.29) is 43.9 Å². The van der Waals surface area contributed by atoms with E-state index >= 15 is 0 Å². The number of imide groups is 1. The molecule has 55 heavy (non-hydrogen) atoms. The molecule has 0 radical (unpaired) electrons. The lowest BCUT2D eigenvalue weighted by Gasteiger charge is -2.36. The third-order valence-corrected chi connectivity index (χ3v) is 9.86. The Morgan fingerprint density at radius 3 is 2.27 bits per heavy atom. The number of carbonyl (C=O) groups excluding carboxylic acids is 4. The molecule has 22 heteroatoms. The van der Waals surface area contributed by atoms with Gasteiger partial charge in [-0.05, 0) is 49.1 Å². The van der Waals surface area contributed by atoms with Crippen LogP contribution < -0.4 is 20.6 Å². The van der Waals surface area contributed by atoms with Gasteiger partial charge in [-0.25, -0.2) is 37.2 Å². The Labute approximate surface area is 314 Å². The molecule has 3 aromatic rings. The average molecular weight is 791 g/mol. The van der Waals surface area contributed by atoms with Crippen molar-refractivity contribution in [3.05, 3.63) is 75.6 Å². The Kier molecular flexibility index (Phi) is 10.8. The molecular weight excluding hydrogens is 760 g/mol. The van der Waals surface area contributed by atoms with E-state index in [1.54, 1.807) is 0 Å². The molecule has 0 aliphatic carbocycles. The zero-order valence-electron chi connectivity index (χ0n) is 28.3. The van der Waals surface area contributed by atoms with Gasteiger partial charge in [0.1, 0.15) is 23.2 Å². The number of benzene rings is 3. The Bertz CT molecular complexity index is 2090. The summed E-state index contributed by atoms with van der Waals surface area (Å²) in [7, 11) is -1.95. The summed E-state index contributed by atoms with van der Waals surface area (Å²) in [6, 6.07) is 1.09. The summed E-state index contributed by atoms with van der Waals surface area (Å²) in [4.78, 5) is 68.9. The number of fused-ring (bicyclic) bond motifs is 1. The molecule has 3 heterocycles. The molecule has 0 saturated carbocycles. The van der Waals surface area contributed by atoms with Crippen molar-refractivity contribution in [2.75, 3.05) is 31.5 Å². The Morgan fingerprint density at radius 1 is 0.909 bits per heavy atom. The maximum absolute atomic E-state index is 14.7. The number of halogens is 4. The molecule has 3 aliphatic heterocycles.